The van der Waals surface area contributed by atoms with Crippen LogP contribution in [0.1, 0.15) is 18.5 Å². The van der Waals surface area contributed by atoms with Gasteiger partial charge in [0.2, 0.25) is 0 Å². The Balaban J connectivity index is 3.18. The number of rotatable bonds is 6. The number of hydrogen-bond acceptors (Lipinski definition) is 5. The van der Waals surface area contributed by atoms with Crippen LogP contribution in [-0.4, -0.2) is 45.8 Å². The summed E-state index contributed by atoms with van der Waals surface area (Å²) in [6.45, 7) is 2.14. The van der Waals surface area contributed by atoms with E-state index in [9.17, 15) is 4.79 Å². The highest BCUT2D eigenvalue weighted by Gasteiger charge is 2.27. The standard InChI is InChI=1S/C14H21NO4/c1-6-19-14(16)13(15(2)3)11-8-7-10(17-4)9-12(11)18-5/h7-9,13H,6H2,1-5H3. The average Bonchev–Trinajstić information content (AvgIpc) is 2.39. The van der Waals surface area contributed by atoms with E-state index in [4.69, 9.17) is 14.2 Å². The molecule has 1 atom stereocenters. The smallest absolute Gasteiger partial charge is 0.328 e. The van der Waals surface area contributed by atoms with Crippen molar-refractivity contribution in [1.29, 1.82) is 0 Å². The molecule has 0 saturated carbocycles. The molecule has 0 spiro atoms. The van der Waals surface area contributed by atoms with Gasteiger partial charge in [-0.3, -0.25) is 4.90 Å². The summed E-state index contributed by atoms with van der Waals surface area (Å²) in [5, 5.41) is 0. The summed E-state index contributed by atoms with van der Waals surface area (Å²) in [7, 11) is 6.80. The Hall–Kier alpha value is -1.75. The van der Waals surface area contributed by atoms with Gasteiger partial charge in [0.1, 0.15) is 17.5 Å². The number of carbonyl (C=O) groups excluding carboxylic acids is 1. The average molecular weight is 267 g/mol. The van der Waals surface area contributed by atoms with Crippen molar-refractivity contribution in [1.82, 2.24) is 4.90 Å². The number of esters is 1. The first kappa shape index (κ1) is 15.3. The van der Waals surface area contributed by atoms with Gasteiger partial charge < -0.3 is 14.2 Å². The third-order valence-electron chi connectivity index (χ3n) is 2.76. The number of likely N-dealkylation sites (N-methyl/N-ethyl adjacent to an activating group) is 1. The highest BCUT2D eigenvalue weighted by molar-refractivity contribution is 5.78. The quantitative estimate of drug-likeness (QED) is 0.736. The fourth-order valence-corrected chi connectivity index (χ4v) is 1.88. The maximum Gasteiger partial charge on any atom is 0.328 e. The molecule has 0 aliphatic rings. The molecule has 5 nitrogen and oxygen atoms in total. The van der Waals surface area contributed by atoms with Crippen molar-refractivity contribution in [2.24, 2.45) is 0 Å². The van der Waals surface area contributed by atoms with Crippen LogP contribution in [0.5, 0.6) is 11.5 Å². The topological polar surface area (TPSA) is 48.0 Å². The lowest BCUT2D eigenvalue weighted by atomic mass is 10.0. The van der Waals surface area contributed by atoms with Gasteiger partial charge in [0.15, 0.2) is 0 Å². The molecule has 0 amide bonds. The van der Waals surface area contributed by atoms with Crippen LogP contribution >= 0.6 is 0 Å². The van der Waals surface area contributed by atoms with Crippen LogP contribution in [0.4, 0.5) is 0 Å². The zero-order chi connectivity index (χ0) is 14.4. The van der Waals surface area contributed by atoms with Gasteiger partial charge in [0.25, 0.3) is 0 Å². The lowest BCUT2D eigenvalue weighted by Crippen LogP contribution is -2.29. The molecule has 1 rings (SSSR count). The summed E-state index contributed by atoms with van der Waals surface area (Å²) in [5.41, 5.74) is 0.756. The van der Waals surface area contributed by atoms with Crippen LogP contribution < -0.4 is 9.47 Å². The zero-order valence-electron chi connectivity index (χ0n) is 12.1. The van der Waals surface area contributed by atoms with Gasteiger partial charge in [-0.25, -0.2) is 4.79 Å². The largest absolute Gasteiger partial charge is 0.497 e. The minimum absolute atomic E-state index is 0.295. The second-order valence-electron chi connectivity index (χ2n) is 4.23. The van der Waals surface area contributed by atoms with E-state index in [-0.39, 0.29) is 5.97 Å². The minimum Gasteiger partial charge on any atom is -0.497 e. The van der Waals surface area contributed by atoms with E-state index in [1.165, 1.54) is 0 Å². The monoisotopic (exact) mass is 267 g/mol. The van der Waals surface area contributed by atoms with E-state index >= 15 is 0 Å². The summed E-state index contributed by atoms with van der Waals surface area (Å²) in [6, 6.07) is 4.87. The molecule has 1 aromatic rings. The molecule has 0 aromatic heterocycles. The molecule has 0 fully saturated rings. The number of nitrogens with zero attached hydrogens (tertiary/aromatic N) is 1. The van der Waals surface area contributed by atoms with Gasteiger partial charge in [-0.15, -0.1) is 0 Å². The van der Waals surface area contributed by atoms with Gasteiger partial charge in [-0.2, -0.15) is 0 Å². The lowest BCUT2D eigenvalue weighted by molar-refractivity contribution is -0.148. The summed E-state index contributed by atoms with van der Waals surface area (Å²) < 4.78 is 15.6. The highest BCUT2D eigenvalue weighted by Crippen LogP contribution is 2.32. The van der Waals surface area contributed by atoms with Crippen molar-refractivity contribution in [3.8, 4) is 11.5 Å². The van der Waals surface area contributed by atoms with E-state index in [2.05, 4.69) is 0 Å². The van der Waals surface area contributed by atoms with Gasteiger partial charge in [-0.05, 0) is 33.2 Å². The fourth-order valence-electron chi connectivity index (χ4n) is 1.88. The minimum atomic E-state index is -0.499. The maximum absolute atomic E-state index is 12.1. The van der Waals surface area contributed by atoms with E-state index in [0.29, 0.717) is 18.1 Å². The molecule has 0 radical (unpaired) electrons. The lowest BCUT2D eigenvalue weighted by Gasteiger charge is -2.24. The molecule has 5 heteroatoms. The van der Waals surface area contributed by atoms with Crippen molar-refractivity contribution in [2.75, 3.05) is 34.9 Å². The molecule has 0 heterocycles. The molecule has 106 valence electrons. The first-order valence-corrected chi connectivity index (χ1v) is 6.10. The van der Waals surface area contributed by atoms with E-state index in [1.54, 1.807) is 38.2 Å². The highest BCUT2D eigenvalue weighted by atomic mass is 16.5. The summed E-state index contributed by atoms with van der Waals surface area (Å²) >= 11 is 0. The predicted molar refractivity (Wildman–Crippen MR) is 72.6 cm³/mol. The van der Waals surface area contributed by atoms with Crippen molar-refractivity contribution < 1.29 is 19.0 Å². The van der Waals surface area contributed by atoms with Gasteiger partial charge >= 0.3 is 5.97 Å². The number of benzene rings is 1. The number of hydrogen-bond donors (Lipinski definition) is 0. The molecule has 0 aliphatic heterocycles. The van der Waals surface area contributed by atoms with Crippen LogP contribution in [-0.2, 0) is 9.53 Å². The first-order chi connectivity index (χ1) is 9.04. The second kappa shape index (κ2) is 6.99. The van der Waals surface area contributed by atoms with Crippen molar-refractivity contribution in [2.45, 2.75) is 13.0 Å². The summed E-state index contributed by atoms with van der Waals surface area (Å²) in [4.78, 5) is 13.9. The fraction of sp³-hybridized carbons (Fsp3) is 0.500. The molecule has 0 bridgehead atoms. The van der Waals surface area contributed by atoms with Gasteiger partial charge in [0, 0.05) is 11.6 Å². The van der Waals surface area contributed by atoms with Gasteiger partial charge in [0.05, 0.1) is 20.8 Å². The van der Waals surface area contributed by atoms with Crippen molar-refractivity contribution >= 4 is 5.97 Å². The van der Waals surface area contributed by atoms with Crippen LogP contribution in [0, 0.1) is 0 Å². The Kier molecular flexibility index (Phi) is 5.63. The van der Waals surface area contributed by atoms with E-state index in [0.717, 1.165) is 5.56 Å². The molecule has 0 saturated heterocycles. The molecule has 19 heavy (non-hydrogen) atoms. The zero-order valence-corrected chi connectivity index (χ0v) is 12.1. The summed E-state index contributed by atoms with van der Waals surface area (Å²) in [5.74, 6) is 0.990. The molecule has 1 aromatic carbocycles. The Labute approximate surface area is 114 Å². The SMILES string of the molecule is CCOC(=O)C(c1ccc(OC)cc1OC)N(C)C. The molecule has 0 N–H and O–H groups in total. The first-order valence-electron chi connectivity index (χ1n) is 6.10. The Morgan fingerprint density at radius 3 is 2.42 bits per heavy atom. The molecule has 1 unspecified atom stereocenters. The third kappa shape index (κ3) is 3.61. The van der Waals surface area contributed by atoms with Crippen LogP contribution in [0.15, 0.2) is 18.2 Å². The normalized spacial score (nSPS) is 12.1. The summed E-state index contributed by atoms with van der Waals surface area (Å²) in [6.07, 6.45) is 0. The van der Waals surface area contributed by atoms with Crippen LogP contribution in [0.2, 0.25) is 0 Å². The van der Waals surface area contributed by atoms with E-state index < -0.39 is 6.04 Å². The Morgan fingerprint density at radius 1 is 1.26 bits per heavy atom. The molecule has 0 aliphatic carbocycles. The van der Waals surface area contributed by atoms with Crippen LogP contribution in [0.25, 0.3) is 0 Å². The van der Waals surface area contributed by atoms with E-state index in [1.807, 2.05) is 20.2 Å². The Morgan fingerprint density at radius 2 is 1.95 bits per heavy atom. The Bertz CT molecular complexity index is 431. The number of carbonyl (C=O) groups is 1. The van der Waals surface area contributed by atoms with Crippen molar-refractivity contribution in [3.05, 3.63) is 23.8 Å². The molecular formula is C14H21NO4. The number of methoxy groups -OCH3 is 2. The number of ether oxygens (including phenoxy) is 3. The second-order valence-corrected chi connectivity index (χ2v) is 4.23. The third-order valence-corrected chi connectivity index (χ3v) is 2.76. The molecular weight excluding hydrogens is 246 g/mol. The predicted octanol–water partition coefficient (Wildman–Crippen LogP) is 1.87. The van der Waals surface area contributed by atoms with Crippen LogP contribution in [0.3, 0.4) is 0 Å². The maximum atomic E-state index is 12.1. The van der Waals surface area contributed by atoms with Gasteiger partial charge in [-0.1, -0.05) is 0 Å². The van der Waals surface area contributed by atoms with Crippen molar-refractivity contribution in [3.63, 3.8) is 0 Å².